The zero-order valence-electron chi connectivity index (χ0n) is 10.8. The summed E-state index contributed by atoms with van der Waals surface area (Å²) in [5.74, 6) is 0.707. The van der Waals surface area contributed by atoms with Gasteiger partial charge in [-0.3, -0.25) is 5.32 Å². The molecule has 0 radical (unpaired) electrons. The van der Waals surface area contributed by atoms with E-state index < -0.39 is 0 Å². The lowest BCUT2D eigenvalue weighted by molar-refractivity contribution is 0.241. The van der Waals surface area contributed by atoms with Crippen molar-refractivity contribution in [2.45, 2.75) is 40.0 Å². The van der Waals surface area contributed by atoms with E-state index in [-0.39, 0.29) is 6.03 Å². The Labute approximate surface area is 102 Å². The summed E-state index contributed by atoms with van der Waals surface area (Å²) < 4.78 is 1.34. The number of hydrogen-bond donors (Lipinski definition) is 2. The number of nitrogens with one attached hydrogen (secondary N) is 1. The molecule has 5 heteroatoms. The largest absolute Gasteiger partial charge is 0.385 e. The molecule has 1 aromatic heterocycles. The lowest BCUT2D eigenvalue weighted by Gasteiger charge is -2.08. The Morgan fingerprint density at radius 2 is 2.29 bits per heavy atom. The van der Waals surface area contributed by atoms with Gasteiger partial charge in [0.05, 0.1) is 6.20 Å². The Morgan fingerprint density at radius 3 is 2.76 bits per heavy atom. The molecule has 3 N–H and O–H groups in total. The van der Waals surface area contributed by atoms with Gasteiger partial charge < -0.3 is 5.73 Å². The molecule has 0 unspecified atom stereocenters. The predicted molar refractivity (Wildman–Crippen MR) is 67.5 cm³/mol. The van der Waals surface area contributed by atoms with Crippen LogP contribution in [0.2, 0.25) is 0 Å². The Balaban J connectivity index is 2.87. The predicted octanol–water partition coefficient (Wildman–Crippen LogP) is 2.08. The number of carbonyl (C=O) groups is 1. The van der Waals surface area contributed by atoms with Gasteiger partial charge in [0.2, 0.25) is 0 Å². The molecule has 0 aliphatic rings. The first-order chi connectivity index (χ1) is 7.97. The van der Waals surface area contributed by atoms with E-state index in [2.05, 4.69) is 24.3 Å². The van der Waals surface area contributed by atoms with Crippen molar-refractivity contribution in [3.8, 4) is 0 Å². The fraction of sp³-hybridized carbons (Fsp3) is 0.500. The van der Waals surface area contributed by atoms with E-state index in [0.717, 1.165) is 17.7 Å². The highest BCUT2D eigenvalue weighted by molar-refractivity contribution is 5.78. The number of hydrogen-bond acceptors (Lipinski definition) is 3. The van der Waals surface area contributed by atoms with Crippen molar-refractivity contribution >= 4 is 6.03 Å². The second-order valence-corrected chi connectivity index (χ2v) is 4.25. The van der Waals surface area contributed by atoms with Gasteiger partial charge in [-0.15, -0.1) is 0 Å². The topological polar surface area (TPSA) is 72.9 Å². The Morgan fingerprint density at radius 1 is 1.65 bits per heavy atom. The van der Waals surface area contributed by atoms with Crippen LogP contribution in [0, 0.1) is 6.92 Å². The second-order valence-electron chi connectivity index (χ2n) is 4.25. The molecule has 0 aliphatic carbocycles. The average Bonchev–Trinajstić information content (AvgIpc) is 2.60. The van der Waals surface area contributed by atoms with Crippen LogP contribution < -0.4 is 11.1 Å². The molecule has 0 saturated carbocycles. The molecule has 0 fully saturated rings. The van der Waals surface area contributed by atoms with E-state index in [1.807, 2.05) is 13.8 Å². The molecule has 1 amide bonds. The highest BCUT2D eigenvalue weighted by Gasteiger charge is 2.14. The molecular formula is C12H20N4O. The summed E-state index contributed by atoms with van der Waals surface area (Å²) in [5, 5.41) is 6.66. The zero-order valence-corrected chi connectivity index (χ0v) is 10.8. The van der Waals surface area contributed by atoms with Crippen molar-refractivity contribution < 1.29 is 4.79 Å². The molecule has 0 saturated heterocycles. The highest BCUT2D eigenvalue weighted by Crippen LogP contribution is 2.17. The minimum atomic E-state index is -0.323. The first-order valence-electron chi connectivity index (χ1n) is 5.78. The van der Waals surface area contributed by atoms with Crippen LogP contribution in [0.4, 0.5) is 4.79 Å². The molecule has 1 rings (SSSR count). The van der Waals surface area contributed by atoms with E-state index in [0.29, 0.717) is 11.7 Å². The third-order valence-corrected chi connectivity index (χ3v) is 2.54. The molecule has 17 heavy (non-hydrogen) atoms. The highest BCUT2D eigenvalue weighted by atomic mass is 16.2. The SMILES string of the molecule is CC/C=C(\N)NC(=O)n1ncc(C(C)C)c1C. The summed E-state index contributed by atoms with van der Waals surface area (Å²) in [4.78, 5) is 11.9. The standard InChI is InChI=1S/C12H20N4O/c1-5-6-11(13)15-12(17)16-9(4)10(7-14-16)8(2)3/h6-8H,5,13H2,1-4H3,(H,15,17)/b11-6+. The molecule has 0 spiro atoms. The summed E-state index contributed by atoms with van der Waals surface area (Å²) in [6.07, 6.45) is 4.25. The maximum Gasteiger partial charge on any atom is 0.347 e. The minimum absolute atomic E-state index is 0.323. The van der Waals surface area contributed by atoms with Gasteiger partial charge in [-0.05, 0) is 30.9 Å². The van der Waals surface area contributed by atoms with Gasteiger partial charge in [-0.1, -0.05) is 20.8 Å². The monoisotopic (exact) mass is 236 g/mol. The van der Waals surface area contributed by atoms with Crippen LogP contribution in [-0.2, 0) is 0 Å². The second kappa shape index (κ2) is 5.52. The van der Waals surface area contributed by atoms with Crippen molar-refractivity contribution in [2.75, 3.05) is 0 Å². The van der Waals surface area contributed by atoms with Gasteiger partial charge in [0, 0.05) is 5.69 Å². The molecule has 94 valence electrons. The molecule has 0 aromatic carbocycles. The van der Waals surface area contributed by atoms with Gasteiger partial charge in [-0.2, -0.15) is 9.78 Å². The average molecular weight is 236 g/mol. The Bertz CT molecular complexity index is 432. The summed E-state index contributed by atoms with van der Waals surface area (Å²) >= 11 is 0. The number of nitrogens with zero attached hydrogens (tertiary/aromatic N) is 2. The number of aromatic nitrogens is 2. The summed E-state index contributed by atoms with van der Waals surface area (Å²) in [5.41, 5.74) is 7.54. The van der Waals surface area contributed by atoms with E-state index in [1.54, 1.807) is 12.3 Å². The van der Waals surface area contributed by atoms with Gasteiger partial charge in [0.1, 0.15) is 5.82 Å². The summed E-state index contributed by atoms with van der Waals surface area (Å²) in [6.45, 7) is 7.96. The van der Waals surface area contributed by atoms with Crippen LogP contribution in [0.5, 0.6) is 0 Å². The lowest BCUT2D eigenvalue weighted by Crippen LogP contribution is -2.32. The van der Waals surface area contributed by atoms with E-state index in [4.69, 9.17) is 5.73 Å². The first-order valence-corrected chi connectivity index (χ1v) is 5.78. The summed E-state index contributed by atoms with van der Waals surface area (Å²) in [7, 11) is 0. The summed E-state index contributed by atoms with van der Waals surface area (Å²) in [6, 6.07) is -0.323. The fourth-order valence-corrected chi connectivity index (χ4v) is 1.64. The third-order valence-electron chi connectivity index (χ3n) is 2.54. The van der Waals surface area contributed by atoms with Gasteiger partial charge >= 0.3 is 6.03 Å². The van der Waals surface area contributed by atoms with Crippen molar-refractivity contribution in [3.63, 3.8) is 0 Å². The van der Waals surface area contributed by atoms with Crippen LogP contribution in [0.3, 0.4) is 0 Å². The number of nitrogens with two attached hydrogens (primary N) is 1. The van der Waals surface area contributed by atoms with E-state index in [9.17, 15) is 4.79 Å². The van der Waals surface area contributed by atoms with Gasteiger partial charge in [-0.25, -0.2) is 4.79 Å². The first kappa shape index (κ1) is 13.3. The maximum absolute atomic E-state index is 11.9. The van der Waals surface area contributed by atoms with Crippen molar-refractivity contribution in [1.29, 1.82) is 0 Å². The van der Waals surface area contributed by atoms with E-state index >= 15 is 0 Å². The molecule has 0 atom stereocenters. The van der Waals surface area contributed by atoms with Crippen LogP contribution >= 0.6 is 0 Å². The van der Waals surface area contributed by atoms with Crippen LogP contribution in [0.15, 0.2) is 18.1 Å². The van der Waals surface area contributed by atoms with Crippen LogP contribution in [-0.4, -0.2) is 15.8 Å². The van der Waals surface area contributed by atoms with Crippen molar-refractivity contribution in [1.82, 2.24) is 15.1 Å². The van der Waals surface area contributed by atoms with Crippen LogP contribution in [0.25, 0.3) is 0 Å². The molecule has 1 aromatic rings. The quantitative estimate of drug-likeness (QED) is 0.844. The number of rotatable bonds is 3. The fourth-order valence-electron chi connectivity index (χ4n) is 1.64. The van der Waals surface area contributed by atoms with Crippen molar-refractivity contribution in [3.05, 3.63) is 29.4 Å². The maximum atomic E-state index is 11.9. The zero-order chi connectivity index (χ0) is 13.0. The number of carbonyl (C=O) groups excluding carboxylic acids is 1. The molecule has 1 heterocycles. The molecular weight excluding hydrogens is 216 g/mol. The van der Waals surface area contributed by atoms with Crippen molar-refractivity contribution in [2.24, 2.45) is 5.73 Å². The molecule has 0 aliphatic heterocycles. The number of amides is 1. The lowest BCUT2D eigenvalue weighted by atomic mass is 10.1. The van der Waals surface area contributed by atoms with Crippen LogP contribution in [0.1, 0.15) is 44.4 Å². The number of allylic oxidation sites excluding steroid dienone is 1. The molecule has 5 nitrogen and oxygen atoms in total. The Hall–Kier alpha value is -1.78. The van der Waals surface area contributed by atoms with Gasteiger partial charge in [0.15, 0.2) is 0 Å². The Kier molecular flexibility index (Phi) is 4.31. The minimum Gasteiger partial charge on any atom is -0.385 e. The normalized spacial score (nSPS) is 11.9. The van der Waals surface area contributed by atoms with E-state index in [1.165, 1.54) is 4.68 Å². The third kappa shape index (κ3) is 3.09. The van der Waals surface area contributed by atoms with Gasteiger partial charge in [0.25, 0.3) is 0 Å². The molecule has 0 bridgehead atoms. The smallest absolute Gasteiger partial charge is 0.347 e.